The minimum Gasteiger partial charge on any atom is -0.462 e. The summed E-state index contributed by atoms with van der Waals surface area (Å²) in [6.07, 6.45) is 0.369. The van der Waals surface area contributed by atoms with Gasteiger partial charge in [0.15, 0.2) is 0 Å². The lowest BCUT2D eigenvalue weighted by Crippen LogP contribution is -2.09. The van der Waals surface area contributed by atoms with Crippen LogP contribution in [0.4, 0.5) is 0 Å². The molecular formula is C12H14O3P. The topological polar surface area (TPSA) is 43.4 Å². The summed E-state index contributed by atoms with van der Waals surface area (Å²) in [7, 11) is -1.87. The van der Waals surface area contributed by atoms with E-state index in [1.54, 1.807) is 31.2 Å². The molecule has 4 heteroatoms. The Hall–Kier alpha value is -1.34. The fourth-order valence-electron chi connectivity index (χ4n) is 1.08. The van der Waals surface area contributed by atoms with Crippen molar-refractivity contribution in [1.82, 2.24) is 0 Å². The van der Waals surface area contributed by atoms with Gasteiger partial charge >= 0.3 is 5.97 Å². The van der Waals surface area contributed by atoms with Crippen molar-refractivity contribution in [3.05, 3.63) is 42.5 Å². The minimum absolute atomic E-state index is 0.169. The maximum atomic E-state index is 11.8. The third-order valence-electron chi connectivity index (χ3n) is 1.95. The Labute approximate surface area is 95.9 Å². The number of benzene rings is 1. The van der Waals surface area contributed by atoms with Crippen LogP contribution in [-0.2, 0) is 14.1 Å². The normalized spacial score (nSPS) is 11.8. The average Bonchev–Trinajstić information content (AvgIpc) is 2.29. The van der Waals surface area contributed by atoms with Gasteiger partial charge < -0.3 is 9.30 Å². The standard InChI is InChI=1S/C12H14O3P/c1-10(2)12(13)15-8-9-16(14)11-6-4-3-5-7-11/h4-7,16H,1,8-9H2,2H3. The molecular weight excluding hydrogens is 223 g/mol. The summed E-state index contributed by atoms with van der Waals surface area (Å²) >= 11 is 0. The van der Waals surface area contributed by atoms with Crippen molar-refractivity contribution in [2.24, 2.45) is 0 Å². The van der Waals surface area contributed by atoms with Crippen molar-refractivity contribution in [3.63, 3.8) is 0 Å². The lowest BCUT2D eigenvalue weighted by Gasteiger charge is -2.04. The third-order valence-corrected chi connectivity index (χ3v) is 3.59. The number of esters is 1. The van der Waals surface area contributed by atoms with E-state index < -0.39 is 13.8 Å². The highest BCUT2D eigenvalue weighted by atomic mass is 31.1. The highest BCUT2D eigenvalue weighted by Crippen LogP contribution is 2.18. The van der Waals surface area contributed by atoms with E-state index in [2.05, 4.69) is 12.6 Å². The van der Waals surface area contributed by atoms with Gasteiger partial charge in [-0.2, -0.15) is 0 Å². The summed E-state index contributed by atoms with van der Waals surface area (Å²) < 4.78 is 16.6. The number of carbonyl (C=O) groups is 1. The number of rotatable bonds is 5. The third kappa shape index (κ3) is 4.03. The fourth-order valence-corrected chi connectivity index (χ4v) is 2.19. The predicted molar refractivity (Wildman–Crippen MR) is 64.6 cm³/mol. The number of carbonyl (C=O) groups excluding carboxylic acids is 1. The molecule has 16 heavy (non-hydrogen) atoms. The van der Waals surface area contributed by atoms with E-state index in [4.69, 9.17) is 4.74 Å². The molecule has 0 amide bonds. The van der Waals surface area contributed by atoms with Crippen LogP contribution in [0, 0.1) is 6.07 Å². The van der Waals surface area contributed by atoms with Crippen LogP contribution in [0.2, 0.25) is 0 Å². The van der Waals surface area contributed by atoms with Crippen LogP contribution in [0.5, 0.6) is 0 Å². The van der Waals surface area contributed by atoms with E-state index in [9.17, 15) is 9.36 Å². The largest absolute Gasteiger partial charge is 0.462 e. The molecule has 0 aliphatic rings. The molecule has 0 saturated carbocycles. The summed E-state index contributed by atoms with van der Waals surface area (Å²) in [6.45, 7) is 5.21. The van der Waals surface area contributed by atoms with E-state index in [-0.39, 0.29) is 6.61 Å². The second-order valence-electron chi connectivity index (χ2n) is 3.38. The van der Waals surface area contributed by atoms with E-state index in [0.717, 1.165) is 5.30 Å². The Morgan fingerprint density at radius 3 is 2.69 bits per heavy atom. The molecule has 0 saturated heterocycles. The maximum absolute atomic E-state index is 11.8. The molecule has 0 N–H and O–H groups in total. The van der Waals surface area contributed by atoms with Gasteiger partial charge in [-0.3, -0.25) is 0 Å². The van der Waals surface area contributed by atoms with Gasteiger partial charge in [-0.15, -0.1) is 0 Å². The molecule has 0 fully saturated rings. The molecule has 0 aliphatic heterocycles. The van der Waals surface area contributed by atoms with Gasteiger partial charge in [0, 0.05) is 17.0 Å². The highest BCUT2D eigenvalue weighted by Gasteiger charge is 2.06. The van der Waals surface area contributed by atoms with Crippen molar-refractivity contribution in [2.45, 2.75) is 6.92 Å². The highest BCUT2D eigenvalue weighted by molar-refractivity contribution is 7.53. The van der Waals surface area contributed by atoms with Crippen molar-refractivity contribution in [1.29, 1.82) is 0 Å². The van der Waals surface area contributed by atoms with Crippen LogP contribution in [0.15, 0.2) is 36.4 Å². The molecule has 3 nitrogen and oxygen atoms in total. The Bertz CT molecular complexity index is 398. The Morgan fingerprint density at radius 2 is 2.12 bits per heavy atom. The Morgan fingerprint density at radius 1 is 1.50 bits per heavy atom. The zero-order valence-electron chi connectivity index (χ0n) is 9.16. The second-order valence-corrected chi connectivity index (χ2v) is 5.30. The quantitative estimate of drug-likeness (QED) is 0.445. The van der Waals surface area contributed by atoms with Gasteiger partial charge in [0.1, 0.15) is 7.80 Å². The van der Waals surface area contributed by atoms with Gasteiger partial charge in [0.2, 0.25) is 0 Å². The molecule has 1 radical (unpaired) electrons. The van der Waals surface area contributed by atoms with E-state index in [0.29, 0.717) is 11.7 Å². The summed E-state index contributed by atoms with van der Waals surface area (Å²) in [5, 5.41) is 0.787. The van der Waals surface area contributed by atoms with Crippen LogP contribution in [-0.4, -0.2) is 18.7 Å². The minimum atomic E-state index is -1.87. The monoisotopic (exact) mass is 237 g/mol. The fraction of sp³-hybridized carbons (Fsp3) is 0.250. The lowest BCUT2D eigenvalue weighted by atomic mass is 10.4. The molecule has 1 rings (SSSR count). The van der Waals surface area contributed by atoms with Gasteiger partial charge in [0.05, 0.1) is 6.61 Å². The van der Waals surface area contributed by atoms with Crippen LogP contribution in [0.1, 0.15) is 6.92 Å². The Balaban J connectivity index is 2.37. The second kappa shape index (κ2) is 6.29. The molecule has 1 unspecified atom stereocenters. The first-order chi connectivity index (χ1) is 7.61. The summed E-state index contributed by atoms with van der Waals surface area (Å²) in [5.41, 5.74) is 0.356. The zero-order valence-corrected chi connectivity index (χ0v) is 10.2. The SMILES string of the molecule is C=C(C)C(=O)OCC[PH](=O)c1cc[c]cc1. The Kier molecular flexibility index (Phi) is 5.00. The molecule has 85 valence electrons. The average molecular weight is 237 g/mol. The zero-order chi connectivity index (χ0) is 12.0. The first-order valence-electron chi connectivity index (χ1n) is 4.93. The van der Waals surface area contributed by atoms with Crippen molar-refractivity contribution in [3.8, 4) is 0 Å². The molecule has 0 aromatic heterocycles. The van der Waals surface area contributed by atoms with Crippen molar-refractivity contribution < 1.29 is 14.1 Å². The molecule has 0 bridgehead atoms. The molecule has 1 aromatic carbocycles. The number of hydrogen-bond acceptors (Lipinski definition) is 3. The van der Waals surface area contributed by atoms with Crippen molar-refractivity contribution >= 4 is 19.1 Å². The summed E-state index contributed by atoms with van der Waals surface area (Å²) in [4.78, 5) is 11.0. The van der Waals surface area contributed by atoms with E-state index in [1.165, 1.54) is 0 Å². The van der Waals surface area contributed by atoms with Crippen LogP contribution in [0.25, 0.3) is 0 Å². The van der Waals surface area contributed by atoms with E-state index in [1.807, 2.05) is 0 Å². The van der Waals surface area contributed by atoms with Gasteiger partial charge in [0.25, 0.3) is 0 Å². The smallest absolute Gasteiger partial charge is 0.333 e. The number of ether oxygens (including phenoxy) is 1. The molecule has 0 heterocycles. The lowest BCUT2D eigenvalue weighted by molar-refractivity contribution is -0.138. The molecule has 1 atom stereocenters. The van der Waals surface area contributed by atoms with Crippen LogP contribution >= 0.6 is 7.80 Å². The molecule has 0 spiro atoms. The number of hydrogen-bond donors (Lipinski definition) is 0. The molecule has 0 aliphatic carbocycles. The molecule has 1 aromatic rings. The van der Waals surface area contributed by atoms with Gasteiger partial charge in [-0.05, 0) is 13.0 Å². The maximum Gasteiger partial charge on any atom is 0.333 e. The van der Waals surface area contributed by atoms with E-state index >= 15 is 0 Å². The van der Waals surface area contributed by atoms with Crippen LogP contribution < -0.4 is 5.30 Å². The van der Waals surface area contributed by atoms with Gasteiger partial charge in [-0.25, -0.2) is 4.79 Å². The van der Waals surface area contributed by atoms with Crippen molar-refractivity contribution in [2.75, 3.05) is 12.8 Å². The first kappa shape index (κ1) is 12.7. The summed E-state index contributed by atoms with van der Waals surface area (Å²) in [6, 6.07) is 9.83. The first-order valence-corrected chi connectivity index (χ1v) is 6.54. The van der Waals surface area contributed by atoms with Crippen LogP contribution in [0.3, 0.4) is 0 Å². The predicted octanol–water partition coefficient (Wildman–Crippen LogP) is 1.79. The van der Waals surface area contributed by atoms with Gasteiger partial charge in [-0.1, -0.05) is 30.8 Å². The summed E-state index contributed by atoms with van der Waals surface area (Å²) in [5.74, 6) is -0.434.